The number of anilines is 2. The molecule has 0 spiro atoms. The molecule has 1 fully saturated rings. The molecule has 0 aromatic carbocycles. The van der Waals surface area contributed by atoms with E-state index in [-0.39, 0.29) is 0 Å². The third-order valence-corrected chi connectivity index (χ3v) is 4.62. The van der Waals surface area contributed by atoms with Crippen molar-refractivity contribution in [1.82, 2.24) is 24.7 Å². The maximum atomic E-state index is 5.42. The fraction of sp³-hybridized carbons (Fsp3) is 0.500. The zero-order valence-electron chi connectivity index (χ0n) is 11.6. The maximum absolute atomic E-state index is 5.42. The van der Waals surface area contributed by atoms with Gasteiger partial charge in [-0.3, -0.25) is 5.43 Å². The van der Waals surface area contributed by atoms with Crippen molar-refractivity contribution >= 4 is 23.7 Å². The number of thioether (sulfide) groups is 1. The topological polar surface area (TPSA) is 107 Å². The lowest BCUT2D eigenvalue weighted by Crippen LogP contribution is -2.22. The van der Waals surface area contributed by atoms with E-state index in [0.29, 0.717) is 23.1 Å². The van der Waals surface area contributed by atoms with E-state index in [1.54, 1.807) is 17.1 Å². The van der Waals surface area contributed by atoms with Crippen molar-refractivity contribution in [2.45, 2.75) is 24.5 Å². The molecule has 0 radical (unpaired) electrons. The fourth-order valence-electron chi connectivity index (χ4n) is 2.17. The Morgan fingerprint density at radius 1 is 1.29 bits per heavy atom. The predicted molar refractivity (Wildman–Crippen MR) is 83.3 cm³/mol. The molecule has 2 aromatic rings. The van der Waals surface area contributed by atoms with E-state index >= 15 is 0 Å². The van der Waals surface area contributed by atoms with E-state index in [2.05, 4.69) is 30.8 Å². The molecule has 0 bridgehead atoms. The minimum atomic E-state index is 0.314. The summed E-state index contributed by atoms with van der Waals surface area (Å²) in [5.74, 6) is 7.90. The van der Waals surface area contributed by atoms with Crippen molar-refractivity contribution < 1.29 is 0 Å². The fourth-order valence-corrected chi connectivity index (χ4v) is 3.41. The Morgan fingerprint density at radius 2 is 2.19 bits per heavy atom. The summed E-state index contributed by atoms with van der Waals surface area (Å²) in [6, 6.07) is 1.81. The van der Waals surface area contributed by atoms with Crippen LogP contribution in [-0.2, 0) is 0 Å². The molecule has 4 N–H and O–H groups in total. The molecule has 1 aliphatic heterocycles. The molecule has 3 rings (SSSR count). The molecular formula is C12H18N8S. The summed E-state index contributed by atoms with van der Waals surface area (Å²) in [5, 5.41) is 8.00. The van der Waals surface area contributed by atoms with Crippen LogP contribution in [0.3, 0.4) is 0 Å². The van der Waals surface area contributed by atoms with Gasteiger partial charge in [-0.1, -0.05) is 6.42 Å². The Kier molecular flexibility index (Phi) is 4.51. The molecule has 8 nitrogen and oxygen atoms in total. The number of nitrogens with one attached hydrogen (secondary N) is 2. The van der Waals surface area contributed by atoms with Crippen LogP contribution in [0.4, 0.5) is 11.9 Å². The highest BCUT2D eigenvalue weighted by atomic mass is 32.2. The van der Waals surface area contributed by atoms with Gasteiger partial charge in [0.1, 0.15) is 0 Å². The Morgan fingerprint density at radius 3 is 2.90 bits per heavy atom. The number of rotatable bonds is 5. The normalized spacial score (nSPS) is 18.4. The van der Waals surface area contributed by atoms with Crippen LogP contribution < -0.4 is 16.6 Å². The van der Waals surface area contributed by atoms with Crippen molar-refractivity contribution in [2.75, 3.05) is 23.0 Å². The van der Waals surface area contributed by atoms with Crippen LogP contribution in [0, 0.1) is 0 Å². The van der Waals surface area contributed by atoms with Crippen molar-refractivity contribution in [3.63, 3.8) is 0 Å². The van der Waals surface area contributed by atoms with Crippen LogP contribution in [0.5, 0.6) is 0 Å². The molecule has 9 heteroatoms. The first-order chi connectivity index (χ1) is 10.3. The van der Waals surface area contributed by atoms with Crippen LogP contribution in [-0.4, -0.2) is 42.3 Å². The molecule has 3 heterocycles. The molecule has 112 valence electrons. The second kappa shape index (κ2) is 6.72. The van der Waals surface area contributed by atoms with Gasteiger partial charge in [0.25, 0.3) is 5.95 Å². The minimum absolute atomic E-state index is 0.314. The Balaban J connectivity index is 1.73. The quantitative estimate of drug-likeness (QED) is 0.556. The molecule has 1 aliphatic rings. The monoisotopic (exact) mass is 306 g/mol. The first kappa shape index (κ1) is 14.1. The van der Waals surface area contributed by atoms with Gasteiger partial charge in [-0.25, -0.2) is 10.5 Å². The largest absolute Gasteiger partial charge is 0.353 e. The first-order valence-corrected chi connectivity index (χ1v) is 7.98. The van der Waals surface area contributed by atoms with E-state index in [0.717, 1.165) is 6.54 Å². The summed E-state index contributed by atoms with van der Waals surface area (Å²) in [4.78, 5) is 12.8. The van der Waals surface area contributed by atoms with E-state index in [9.17, 15) is 0 Å². The van der Waals surface area contributed by atoms with Crippen molar-refractivity contribution in [2.24, 2.45) is 5.84 Å². The summed E-state index contributed by atoms with van der Waals surface area (Å²) < 4.78 is 1.57. The van der Waals surface area contributed by atoms with E-state index in [1.807, 2.05) is 17.8 Å². The number of nitrogens with zero attached hydrogens (tertiary/aromatic N) is 5. The number of nitrogens with two attached hydrogens (primary N) is 1. The van der Waals surface area contributed by atoms with Crippen molar-refractivity contribution in [3.05, 3.63) is 18.5 Å². The Bertz CT molecular complexity index is 567. The van der Waals surface area contributed by atoms with Crippen molar-refractivity contribution in [1.29, 1.82) is 0 Å². The van der Waals surface area contributed by atoms with Gasteiger partial charge in [-0.15, -0.1) is 0 Å². The van der Waals surface area contributed by atoms with Crippen molar-refractivity contribution in [3.8, 4) is 5.95 Å². The van der Waals surface area contributed by atoms with E-state index in [4.69, 9.17) is 5.84 Å². The second-order valence-electron chi connectivity index (χ2n) is 4.75. The summed E-state index contributed by atoms with van der Waals surface area (Å²) in [7, 11) is 0. The van der Waals surface area contributed by atoms with E-state index in [1.165, 1.54) is 25.0 Å². The third kappa shape index (κ3) is 3.61. The zero-order valence-corrected chi connectivity index (χ0v) is 12.4. The molecule has 0 amide bonds. The highest BCUT2D eigenvalue weighted by Gasteiger charge is 2.15. The smallest absolute Gasteiger partial charge is 0.257 e. The van der Waals surface area contributed by atoms with Crippen LogP contribution in [0.2, 0.25) is 0 Å². The molecule has 0 aliphatic carbocycles. The van der Waals surface area contributed by atoms with Crippen LogP contribution in [0.25, 0.3) is 5.95 Å². The summed E-state index contributed by atoms with van der Waals surface area (Å²) >= 11 is 2.00. The molecule has 2 aromatic heterocycles. The Labute approximate surface area is 126 Å². The number of hydrogen-bond acceptors (Lipinski definition) is 8. The summed E-state index contributed by atoms with van der Waals surface area (Å²) in [6.07, 6.45) is 7.29. The lowest BCUT2D eigenvalue weighted by atomic mass is 10.2. The average Bonchev–Trinajstić information content (AvgIpc) is 3.08. The van der Waals surface area contributed by atoms with Gasteiger partial charge in [-0.05, 0) is 24.7 Å². The summed E-state index contributed by atoms with van der Waals surface area (Å²) in [5.41, 5.74) is 2.46. The number of hydrogen-bond donors (Lipinski definition) is 3. The predicted octanol–water partition coefficient (Wildman–Crippen LogP) is 1.04. The van der Waals surface area contributed by atoms with Crippen LogP contribution >= 0.6 is 11.8 Å². The lowest BCUT2D eigenvalue weighted by molar-refractivity contribution is 0.675. The Hall–Kier alpha value is -1.87. The standard InChI is InChI=1S/C12H18N8S/c13-19-11-16-10(14-8-9-4-1-2-7-21-9)17-12(18-11)20-6-3-5-15-20/h3,5-6,9H,1-2,4,7-8,13H2,(H2,14,16,17,18,19). The van der Waals surface area contributed by atoms with Gasteiger partial charge >= 0.3 is 0 Å². The van der Waals surface area contributed by atoms with Gasteiger partial charge in [0.15, 0.2) is 0 Å². The maximum Gasteiger partial charge on any atom is 0.257 e. The molecule has 1 atom stereocenters. The van der Waals surface area contributed by atoms with Gasteiger partial charge in [0, 0.05) is 24.2 Å². The molecule has 21 heavy (non-hydrogen) atoms. The van der Waals surface area contributed by atoms with Crippen LogP contribution in [0.1, 0.15) is 19.3 Å². The molecule has 1 unspecified atom stereocenters. The van der Waals surface area contributed by atoms with E-state index < -0.39 is 0 Å². The minimum Gasteiger partial charge on any atom is -0.353 e. The first-order valence-electron chi connectivity index (χ1n) is 6.93. The molecule has 1 saturated heterocycles. The lowest BCUT2D eigenvalue weighted by Gasteiger charge is -2.21. The number of hydrazine groups is 1. The highest BCUT2D eigenvalue weighted by Crippen LogP contribution is 2.25. The van der Waals surface area contributed by atoms with Gasteiger partial charge in [0.2, 0.25) is 11.9 Å². The number of nitrogen functional groups attached to an aromatic ring is 1. The van der Waals surface area contributed by atoms with Gasteiger partial charge in [0.05, 0.1) is 0 Å². The zero-order chi connectivity index (χ0) is 14.5. The van der Waals surface area contributed by atoms with Gasteiger partial charge in [-0.2, -0.15) is 31.8 Å². The second-order valence-corrected chi connectivity index (χ2v) is 6.16. The van der Waals surface area contributed by atoms with Crippen LogP contribution in [0.15, 0.2) is 18.5 Å². The molecule has 0 saturated carbocycles. The summed E-state index contributed by atoms with van der Waals surface area (Å²) in [6.45, 7) is 0.844. The third-order valence-electron chi connectivity index (χ3n) is 3.22. The number of aromatic nitrogens is 5. The highest BCUT2D eigenvalue weighted by molar-refractivity contribution is 7.99. The SMILES string of the molecule is NNc1nc(NCC2CCCCS2)nc(-n2cccn2)n1. The average molecular weight is 306 g/mol. The molecular weight excluding hydrogens is 288 g/mol. The van der Waals surface area contributed by atoms with Gasteiger partial charge < -0.3 is 5.32 Å².